The molecule has 0 radical (unpaired) electrons. The van der Waals surface area contributed by atoms with Crippen LogP contribution < -0.4 is 5.73 Å². The second kappa shape index (κ2) is 6.24. The van der Waals surface area contributed by atoms with Gasteiger partial charge in [0.25, 0.3) is 0 Å². The van der Waals surface area contributed by atoms with E-state index in [1.54, 1.807) is 10.4 Å². The molecular formula is C15H24N2O2S. The molecule has 1 aromatic carbocycles. The minimum atomic E-state index is -3.40. The van der Waals surface area contributed by atoms with Gasteiger partial charge in [-0.25, -0.2) is 8.42 Å². The third-order valence-electron chi connectivity index (χ3n) is 4.14. The number of sulfonamides is 1. The van der Waals surface area contributed by atoms with E-state index in [0.29, 0.717) is 18.0 Å². The Morgan fingerprint density at radius 3 is 2.55 bits per heavy atom. The van der Waals surface area contributed by atoms with Crippen molar-refractivity contribution in [2.24, 2.45) is 5.73 Å². The first kappa shape index (κ1) is 15.5. The molecular weight excluding hydrogens is 272 g/mol. The molecule has 5 heteroatoms. The first-order chi connectivity index (χ1) is 9.54. The van der Waals surface area contributed by atoms with E-state index < -0.39 is 10.0 Å². The summed E-state index contributed by atoms with van der Waals surface area (Å²) in [6.07, 6.45) is 3.55. The monoisotopic (exact) mass is 296 g/mol. The molecule has 0 amide bonds. The summed E-state index contributed by atoms with van der Waals surface area (Å²) in [4.78, 5) is 0.409. The molecule has 1 fully saturated rings. The molecule has 0 aliphatic carbocycles. The van der Waals surface area contributed by atoms with Gasteiger partial charge < -0.3 is 5.73 Å². The summed E-state index contributed by atoms with van der Waals surface area (Å²) in [5.41, 5.74) is 8.04. The number of hydrogen-bond donors (Lipinski definition) is 1. The molecule has 2 rings (SSSR count). The van der Waals surface area contributed by atoms with Crippen LogP contribution in [-0.4, -0.2) is 31.9 Å². The van der Waals surface area contributed by atoms with Crippen LogP contribution in [0.2, 0.25) is 0 Å². The van der Waals surface area contributed by atoms with Gasteiger partial charge >= 0.3 is 0 Å². The van der Waals surface area contributed by atoms with Crippen molar-refractivity contribution in [3.63, 3.8) is 0 Å². The van der Waals surface area contributed by atoms with Crippen LogP contribution in [0.1, 0.15) is 37.8 Å². The predicted octanol–water partition coefficient (Wildman–Crippen LogP) is 1.92. The maximum Gasteiger partial charge on any atom is 0.243 e. The zero-order chi connectivity index (χ0) is 14.8. The first-order valence-corrected chi connectivity index (χ1v) is 8.82. The molecule has 1 heterocycles. The van der Waals surface area contributed by atoms with Crippen LogP contribution in [0.5, 0.6) is 0 Å². The van der Waals surface area contributed by atoms with Gasteiger partial charge in [0.05, 0.1) is 4.90 Å². The summed E-state index contributed by atoms with van der Waals surface area (Å²) < 4.78 is 27.1. The van der Waals surface area contributed by atoms with Crippen LogP contribution in [0.4, 0.5) is 0 Å². The van der Waals surface area contributed by atoms with Gasteiger partial charge in [0.2, 0.25) is 10.0 Å². The average Bonchev–Trinajstić information content (AvgIpc) is 2.95. The van der Waals surface area contributed by atoms with Gasteiger partial charge in [-0.2, -0.15) is 4.31 Å². The summed E-state index contributed by atoms with van der Waals surface area (Å²) in [5.74, 6) is 0. The van der Waals surface area contributed by atoms with Gasteiger partial charge in [0.15, 0.2) is 0 Å². The number of aryl methyl sites for hydroxylation is 2. The lowest BCUT2D eigenvalue weighted by Crippen LogP contribution is -2.39. The Balaban J connectivity index is 2.39. The maximum absolute atomic E-state index is 12.7. The number of rotatable bonds is 5. The molecule has 1 aliphatic heterocycles. The lowest BCUT2D eigenvalue weighted by Gasteiger charge is -2.23. The molecule has 0 saturated carbocycles. The summed E-state index contributed by atoms with van der Waals surface area (Å²) in [6, 6.07) is 5.47. The Labute approximate surface area is 122 Å². The Bertz CT molecular complexity index is 569. The highest BCUT2D eigenvalue weighted by atomic mass is 32.2. The van der Waals surface area contributed by atoms with Crippen LogP contribution >= 0.6 is 0 Å². The normalized spacial score (nSPS) is 20.4. The van der Waals surface area contributed by atoms with Gasteiger partial charge in [0.1, 0.15) is 0 Å². The van der Waals surface area contributed by atoms with Gasteiger partial charge in [-0.05, 0) is 48.9 Å². The maximum atomic E-state index is 12.7. The fraction of sp³-hybridized carbons (Fsp3) is 0.600. The Morgan fingerprint density at radius 2 is 1.95 bits per heavy atom. The summed E-state index contributed by atoms with van der Waals surface area (Å²) in [5, 5.41) is 0. The molecule has 4 nitrogen and oxygen atoms in total. The molecule has 0 spiro atoms. The quantitative estimate of drug-likeness (QED) is 0.903. The lowest BCUT2D eigenvalue weighted by atomic mass is 10.0. The van der Waals surface area contributed by atoms with Gasteiger partial charge in [-0.15, -0.1) is 0 Å². The third-order valence-corrected chi connectivity index (χ3v) is 6.09. The molecule has 20 heavy (non-hydrogen) atoms. The molecule has 112 valence electrons. The topological polar surface area (TPSA) is 63.4 Å². The number of benzene rings is 1. The summed E-state index contributed by atoms with van der Waals surface area (Å²) in [7, 11) is -3.40. The highest BCUT2D eigenvalue weighted by Crippen LogP contribution is 2.27. The average molecular weight is 296 g/mol. The van der Waals surface area contributed by atoms with Crippen molar-refractivity contribution in [1.82, 2.24) is 4.31 Å². The Hall–Kier alpha value is -0.910. The standard InChI is InChI=1S/C15H24N2O2S/c1-3-12-7-8-15(10-13(12)4-2)20(18,19)17-9-5-6-14(17)11-16/h7-8,10,14H,3-6,9,11,16H2,1-2H3. The van der Waals surface area contributed by atoms with Crippen LogP contribution in [0.25, 0.3) is 0 Å². The zero-order valence-electron chi connectivity index (χ0n) is 12.3. The predicted molar refractivity (Wildman–Crippen MR) is 81.2 cm³/mol. The molecule has 1 aromatic rings. The molecule has 0 bridgehead atoms. The molecule has 2 N–H and O–H groups in total. The first-order valence-electron chi connectivity index (χ1n) is 7.38. The smallest absolute Gasteiger partial charge is 0.243 e. The second-order valence-corrected chi connectivity index (χ2v) is 7.18. The van der Waals surface area contributed by atoms with Crippen LogP contribution in [0.15, 0.2) is 23.1 Å². The SMILES string of the molecule is CCc1ccc(S(=O)(=O)N2CCCC2CN)cc1CC. The van der Waals surface area contributed by atoms with Crippen LogP contribution in [-0.2, 0) is 22.9 Å². The van der Waals surface area contributed by atoms with Crippen molar-refractivity contribution in [2.75, 3.05) is 13.1 Å². The van der Waals surface area contributed by atoms with E-state index in [1.807, 2.05) is 12.1 Å². The van der Waals surface area contributed by atoms with E-state index >= 15 is 0 Å². The third kappa shape index (κ3) is 2.75. The Morgan fingerprint density at radius 1 is 1.25 bits per heavy atom. The van der Waals surface area contributed by atoms with Crippen molar-refractivity contribution < 1.29 is 8.42 Å². The molecule has 1 saturated heterocycles. The summed E-state index contributed by atoms with van der Waals surface area (Å²) in [6.45, 7) is 5.13. The zero-order valence-corrected chi connectivity index (χ0v) is 13.1. The highest BCUT2D eigenvalue weighted by Gasteiger charge is 2.34. The number of nitrogens with two attached hydrogens (primary N) is 1. The van der Waals surface area contributed by atoms with Crippen molar-refractivity contribution >= 4 is 10.0 Å². The fourth-order valence-electron chi connectivity index (χ4n) is 2.93. The van der Waals surface area contributed by atoms with E-state index in [2.05, 4.69) is 13.8 Å². The minimum Gasteiger partial charge on any atom is -0.329 e. The second-order valence-electron chi connectivity index (χ2n) is 5.29. The minimum absolute atomic E-state index is 0.0454. The number of nitrogens with zero attached hydrogens (tertiary/aromatic N) is 1. The van der Waals surface area contributed by atoms with Gasteiger partial charge in [-0.1, -0.05) is 19.9 Å². The van der Waals surface area contributed by atoms with Crippen molar-refractivity contribution in [2.45, 2.75) is 50.5 Å². The Kier molecular flexibility index (Phi) is 4.83. The van der Waals surface area contributed by atoms with Crippen molar-refractivity contribution in [3.8, 4) is 0 Å². The van der Waals surface area contributed by atoms with E-state index in [0.717, 1.165) is 31.2 Å². The fourth-order valence-corrected chi connectivity index (χ4v) is 4.69. The van der Waals surface area contributed by atoms with Crippen molar-refractivity contribution in [1.29, 1.82) is 0 Å². The lowest BCUT2D eigenvalue weighted by molar-refractivity contribution is 0.393. The molecule has 0 aromatic heterocycles. The van der Waals surface area contributed by atoms with E-state index in [-0.39, 0.29) is 6.04 Å². The molecule has 1 unspecified atom stereocenters. The van der Waals surface area contributed by atoms with Gasteiger partial charge in [0, 0.05) is 19.1 Å². The van der Waals surface area contributed by atoms with Crippen molar-refractivity contribution in [3.05, 3.63) is 29.3 Å². The molecule has 1 atom stereocenters. The van der Waals surface area contributed by atoms with E-state index in [4.69, 9.17) is 5.73 Å². The highest BCUT2D eigenvalue weighted by molar-refractivity contribution is 7.89. The largest absolute Gasteiger partial charge is 0.329 e. The van der Waals surface area contributed by atoms with E-state index in [1.165, 1.54) is 5.56 Å². The van der Waals surface area contributed by atoms with Crippen LogP contribution in [0, 0.1) is 0 Å². The summed E-state index contributed by atoms with van der Waals surface area (Å²) >= 11 is 0. The van der Waals surface area contributed by atoms with Gasteiger partial charge in [-0.3, -0.25) is 0 Å². The van der Waals surface area contributed by atoms with E-state index in [9.17, 15) is 8.42 Å². The van der Waals surface area contributed by atoms with Crippen LogP contribution in [0.3, 0.4) is 0 Å². The number of hydrogen-bond acceptors (Lipinski definition) is 3. The molecule has 1 aliphatic rings.